The molecule has 4 nitrogen and oxygen atoms in total. The van der Waals surface area contributed by atoms with E-state index in [9.17, 15) is 9.18 Å². The van der Waals surface area contributed by atoms with Gasteiger partial charge in [0.15, 0.2) is 0 Å². The zero-order valence-corrected chi connectivity index (χ0v) is 12.2. The molecule has 1 amide bonds. The van der Waals surface area contributed by atoms with Crippen LogP contribution in [0.1, 0.15) is 37.3 Å². The third-order valence-electron chi connectivity index (χ3n) is 4.29. The number of anilines is 1. The van der Waals surface area contributed by atoms with Crippen molar-refractivity contribution >= 4 is 11.6 Å². The first-order valence-electron chi connectivity index (χ1n) is 7.80. The number of piperidine rings is 1. The molecule has 0 spiro atoms. The summed E-state index contributed by atoms with van der Waals surface area (Å²) in [6.07, 6.45) is 4.99. The van der Waals surface area contributed by atoms with Crippen LogP contribution in [0, 0.1) is 5.82 Å². The summed E-state index contributed by atoms with van der Waals surface area (Å²) in [5, 5.41) is 6.01. The van der Waals surface area contributed by atoms with Gasteiger partial charge in [-0.1, -0.05) is 12.5 Å². The van der Waals surface area contributed by atoms with Crippen LogP contribution < -0.4 is 10.6 Å². The lowest BCUT2D eigenvalue weighted by atomic mass is 10.1. The molecule has 1 aromatic carbocycles. The number of amides is 1. The zero-order valence-electron chi connectivity index (χ0n) is 12.2. The van der Waals surface area contributed by atoms with Crippen LogP contribution in [0.3, 0.4) is 0 Å². The lowest BCUT2D eigenvalue weighted by Gasteiger charge is -2.26. The van der Waals surface area contributed by atoms with Gasteiger partial charge in [0, 0.05) is 11.3 Å². The molecular weight excluding hydrogens is 269 g/mol. The molecular formula is C16H22FN3O. The van der Waals surface area contributed by atoms with E-state index in [0.717, 1.165) is 25.1 Å². The van der Waals surface area contributed by atoms with Gasteiger partial charge in [-0.3, -0.25) is 4.79 Å². The van der Waals surface area contributed by atoms with Crippen molar-refractivity contribution in [1.82, 2.24) is 10.2 Å². The molecule has 2 aliphatic heterocycles. The Morgan fingerprint density at radius 1 is 1.29 bits per heavy atom. The molecule has 0 aliphatic carbocycles. The smallest absolute Gasteiger partial charge is 0.246 e. The highest BCUT2D eigenvalue weighted by Gasteiger charge is 2.30. The second kappa shape index (κ2) is 6.54. The number of carbonyl (C=O) groups is 1. The van der Waals surface area contributed by atoms with Crippen LogP contribution in [-0.2, 0) is 4.79 Å². The quantitative estimate of drug-likeness (QED) is 0.818. The molecule has 2 aliphatic rings. The first-order chi connectivity index (χ1) is 10.2. The Labute approximate surface area is 124 Å². The molecule has 0 aromatic heterocycles. The van der Waals surface area contributed by atoms with Crippen molar-refractivity contribution in [3.8, 4) is 0 Å². The number of nitrogens with zero attached hydrogens (tertiary/aromatic N) is 1. The van der Waals surface area contributed by atoms with Crippen molar-refractivity contribution in [1.29, 1.82) is 0 Å². The number of halogens is 1. The SMILES string of the molecule is O=C1Nc2cc(F)ccc2C1NCCCN1CCCCC1. The molecule has 5 heteroatoms. The van der Waals surface area contributed by atoms with E-state index >= 15 is 0 Å². The maximum Gasteiger partial charge on any atom is 0.246 e. The fraction of sp³-hybridized carbons (Fsp3) is 0.562. The number of likely N-dealkylation sites (tertiary alicyclic amines) is 1. The Kier molecular flexibility index (Phi) is 4.51. The predicted molar refractivity (Wildman–Crippen MR) is 80.7 cm³/mol. The molecule has 1 atom stereocenters. The third kappa shape index (κ3) is 3.41. The number of hydrogen-bond acceptors (Lipinski definition) is 3. The van der Waals surface area contributed by atoms with E-state index < -0.39 is 0 Å². The van der Waals surface area contributed by atoms with Gasteiger partial charge < -0.3 is 15.5 Å². The monoisotopic (exact) mass is 291 g/mol. The average Bonchev–Trinajstić information content (AvgIpc) is 2.79. The van der Waals surface area contributed by atoms with Crippen LogP contribution in [0.25, 0.3) is 0 Å². The summed E-state index contributed by atoms with van der Waals surface area (Å²) < 4.78 is 13.2. The Morgan fingerprint density at radius 2 is 2.10 bits per heavy atom. The van der Waals surface area contributed by atoms with Gasteiger partial charge in [-0.15, -0.1) is 0 Å². The van der Waals surface area contributed by atoms with Crippen LogP contribution in [-0.4, -0.2) is 37.0 Å². The number of fused-ring (bicyclic) bond motifs is 1. The number of nitrogens with one attached hydrogen (secondary N) is 2. The highest BCUT2D eigenvalue weighted by atomic mass is 19.1. The largest absolute Gasteiger partial charge is 0.324 e. The van der Waals surface area contributed by atoms with Crippen molar-refractivity contribution in [3.05, 3.63) is 29.6 Å². The van der Waals surface area contributed by atoms with Gasteiger partial charge in [-0.25, -0.2) is 4.39 Å². The Hall–Kier alpha value is -1.46. The van der Waals surface area contributed by atoms with Crippen LogP contribution in [0.4, 0.5) is 10.1 Å². The third-order valence-corrected chi connectivity index (χ3v) is 4.29. The molecule has 21 heavy (non-hydrogen) atoms. The van der Waals surface area contributed by atoms with Crippen molar-refractivity contribution < 1.29 is 9.18 Å². The second-order valence-corrected chi connectivity index (χ2v) is 5.86. The molecule has 2 heterocycles. The van der Waals surface area contributed by atoms with Crippen LogP contribution in [0.15, 0.2) is 18.2 Å². The van der Waals surface area contributed by atoms with E-state index in [1.807, 2.05) is 0 Å². The topological polar surface area (TPSA) is 44.4 Å². The Morgan fingerprint density at radius 3 is 2.90 bits per heavy atom. The van der Waals surface area contributed by atoms with Crippen molar-refractivity contribution in [2.75, 3.05) is 31.5 Å². The standard InChI is InChI=1S/C16H22FN3O/c17-12-5-6-13-14(11-12)19-16(21)15(13)18-7-4-10-20-8-2-1-3-9-20/h5-6,11,15,18H,1-4,7-10H2,(H,19,21). The minimum atomic E-state index is -0.345. The van der Waals surface area contributed by atoms with Gasteiger partial charge in [0.25, 0.3) is 0 Å². The molecule has 1 aromatic rings. The van der Waals surface area contributed by atoms with E-state index in [4.69, 9.17) is 0 Å². The molecule has 1 saturated heterocycles. The number of benzene rings is 1. The number of carbonyl (C=O) groups excluding carboxylic acids is 1. The van der Waals surface area contributed by atoms with E-state index in [2.05, 4.69) is 15.5 Å². The molecule has 1 fully saturated rings. The lowest BCUT2D eigenvalue weighted by Crippen LogP contribution is -2.34. The molecule has 0 radical (unpaired) electrons. The highest BCUT2D eigenvalue weighted by Crippen LogP contribution is 2.31. The first kappa shape index (κ1) is 14.5. The summed E-state index contributed by atoms with van der Waals surface area (Å²) >= 11 is 0. The van der Waals surface area contributed by atoms with Crippen molar-refractivity contribution in [3.63, 3.8) is 0 Å². The summed E-state index contributed by atoms with van der Waals surface area (Å²) in [4.78, 5) is 14.4. The molecule has 114 valence electrons. The van der Waals surface area contributed by atoms with Gasteiger partial charge in [0.1, 0.15) is 11.9 Å². The summed E-state index contributed by atoms with van der Waals surface area (Å²) in [5.41, 5.74) is 1.44. The Balaban J connectivity index is 1.48. The van der Waals surface area contributed by atoms with Crippen molar-refractivity contribution in [2.45, 2.75) is 31.7 Å². The maximum absolute atomic E-state index is 13.2. The van der Waals surface area contributed by atoms with Crippen molar-refractivity contribution in [2.24, 2.45) is 0 Å². The van der Waals surface area contributed by atoms with Crippen LogP contribution in [0.5, 0.6) is 0 Å². The molecule has 0 saturated carbocycles. The van der Waals surface area contributed by atoms with Gasteiger partial charge in [0.2, 0.25) is 5.91 Å². The van der Waals surface area contributed by atoms with Crippen LogP contribution in [0.2, 0.25) is 0 Å². The first-order valence-corrected chi connectivity index (χ1v) is 7.80. The molecule has 1 unspecified atom stereocenters. The summed E-state index contributed by atoms with van der Waals surface area (Å²) in [5.74, 6) is -0.409. The fourth-order valence-electron chi connectivity index (χ4n) is 3.17. The fourth-order valence-corrected chi connectivity index (χ4v) is 3.17. The number of hydrogen-bond donors (Lipinski definition) is 2. The highest BCUT2D eigenvalue weighted by molar-refractivity contribution is 6.02. The summed E-state index contributed by atoms with van der Waals surface area (Å²) in [6.45, 7) is 4.28. The second-order valence-electron chi connectivity index (χ2n) is 5.86. The number of rotatable bonds is 5. The minimum absolute atomic E-state index is 0.0893. The van der Waals surface area contributed by atoms with Gasteiger partial charge >= 0.3 is 0 Å². The minimum Gasteiger partial charge on any atom is -0.324 e. The van der Waals surface area contributed by atoms with E-state index in [1.54, 1.807) is 6.07 Å². The lowest BCUT2D eigenvalue weighted by molar-refractivity contribution is -0.117. The van der Waals surface area contributed by atoms with Gasteiger partial charge in [-0.2, -0.15) is 0 Å². The molecule has 0 bridgehead atoms. The van der Waals surface area contributed by atoms with Gasteiger partial charge in [0.05, 0.1) is 0 Å². The summed E-state index contributed by atoms with van der Waals surface area (Å²) in [7, 11) is 0. The van der Waals surface area contributed by atoms with E-state index in [-0.39, 0.29) is 17.8 Å². The van der Waals surface area contributed by atoms with Crippen LogP contribution >= 0.6 is 0 Å². The maximum atomic E-state index is 13.2. The molecule has 2 N–H and O–H groups in total. The normalized spacial score (nSPS) is 22.1. The predicted octanol–water partition coefficient (Wildman–Crippen LogP) is 2.28. The Bertz CT molecular complexity index is 514. The van der Waals surface area contributed by atoms with E-state index in [1.165, 1.54) is 44.5 Å². The summed E-state index contributed by atoms with van der Waals surface area (Å²) in [6, 6.07) is 4.12. The van der Waals surface area contributed by atoms with Gasteiger partial charge in [-0.05, 0) is 57.6 Å². The zero-order chi connectivity index (χ0) is 14.7. The molecule has 3 rings (SSSR count). The average molecular weight is 291 g/mol. The van der Waals surface area contributed by atoms with E-state index in [0.29, 0.717) is 5.69 Å².